The first-order valence-electron chi connectivity index (χ1n) is 28.9. The molecular formula is C58H113NO5. The molecule has 0 radical (unpaired) electrons. The molecule has 0 spiro atoms. The van der Waals surface area contributed by atoms with Gasteiger partial charge in [-0.3, -0.25) is 9.59 Å². The highest BCUT2D eigenvalue weighted by molar-refractivity contribution is 5.76. The van der Waals surface area contributed by atoms with Crippen LogP contribution in [0.5, 0.6) is 0 Å². The van der Waals surface area contributed by atoms with E-state index >= 15 is 0 Å². The molecule has 3 N–H and O–H groups in total. The highest BCUT2D eigenvalue weighted by Crippen LogP contribution is 2.17. The van der Waals surface area contributed by atoms with E-state index in [9.17, 15) is 19.8 Å². The van der Waals surface area contributed by atoms with E-state index in [0.717, 1.165) is 51.4 Å². The maximum atomic E-state index is 12.4. The SMILES string of the molecule is CCCCCCCCCCCCCCCCCCCCC(=O)OCCCCCCCC/C=C\CCCCCCCCCC(=O)NC(CO)C(O)CCCCCCCCCCCCCC. The fourth-order valence-electron chi connectivity index (χ4n) is 9.11. The summed E-state index contributed by atoms with van der Waals surface area (Å²) in [6.07, 6.45) is 63.5. The van der Waals surface area contributed by atoms with Gasteiger partial charge >= 0.3 is 5.97 Å². The van der Waals surface area contributed by atoms with Gasteiger partial charge in [-0.05, 0) is 51.4 Å². The van der Waals surface area contributed by atoms with E-state index in [4.69, 9.17) is 4.74 Å². The Balaban J connectivity index is 3.41. The maximum absolute atomic E-state index is 12.4. The van der Waals surface area contributed by atoms with Crippen LogP contribution in [0.25, 0.3) is 0 Å². The van der Waals surface area contributed by atoms with Crippen molar-refractivity contribution in [2.45, 2.75) is 334 Å². The molecule has 1 amide bonds. The minimum absolute atomic E-state index is 0.00296. The van der Waals surface area contributed by atoms with Crippen molar-refractivity contribution in [3.8, 4) is 0 Å². The summed E-state index contributed by atoms with van der Waals surface area (Å²) in [5.74, 6) is -0.0434. The molecule has 0 heterocycles. The lowest BCUT2D eigenvalue weighted by molar-refractivity contribution is -0.143. The minimum Gasteiger partial charge on any atom is -0.466 e. The summed E-state index contributed by atoms with van der Waals surface area (Å²) in [5, 5.41) is 23.2. The number of allylic oxidation sites excluding steroid dienone is 2. The number of aliphatic hydroxyl groups is 2. The standard InChI is InChI=1S/C58H113NO5/c1-3-5-7-9-11-13-15-17-18-19-22-25-28-32-36-40-44-48-52-58(63)64-53-49-45-41-37-33-29-26-23-20-21-24-27-31-35-39-43-47-51-57(62)59-55(54-60)56(61)50-46-42-38-34-30-16-14-12-10-8-6-4-2/h20,23,55-56,60-61H,3-19,21-22,24-54H2,1-2H3,(H,59,62)/b23-20-. The predicted octanol–water partition coefficient (Wildman–Crippen LogP) is 17.7. The quantitative estimate of drug-likeness (QED) is 0.0321. The molecule has 6 heteroatoms. The first-order chi connectivity index (χ1) is 31.5. The molecule has 0 aliphatic heterocycles. The van der Waals surface area contributed by atoms with Crippen LogP contribution in [0.4, 0.5) is 0 Å². The van der Waals surface area contributed by atoms with E-state index < -0.39 is 12.1 Å². The van der Waals surface area contributed by atoms with Gasteiger partial charge in [0, 0.05) is 12.8 Å². The van der Waals surface area contributed by atoms with Crippen LogP contribution in [0, 0.1) is 0 Å². The normalized spacial score (nSPS) is 12.6. The summed E-state index contributed by atoms with van der Waals surface area (Å²) in [5.41, 5.74) is 0. The third-order valence-corrected chi connectivity index (χ3v) is 13.6. The van der Waals surface area contributed by atoms with Crippen LogP contribution in [-0.4, -0.2) is 47.4 Å². The van der Waals surface area contributed by atoms with Crippen LogP contribution in [0.15, 0.2) is 12.2 Å². The van der Waals surface area contributed by atoms with E-state index in [-0.39, 0.29) is 18.5 Å². The van der Waals surface area contributed by atoms with Crippen molar-refractivity contribution in [2.75, 3.05) is 13.2 Å². The molecule has 0 saturated carbocycles. The van der Waals surface area contributed by atoms with Crippen LogP contribution >= 0.6 is 0 Å². The molecule has 0 aromatic heterocycles. The minimum atomic E-state index is -0.670. The van der Waals surface area contributed by atoms with Crippen molar-refractivity contribution in [3.63, 3.8) is 0 Å². The van der Waals surface area contributed by atoms with E-state index in [2.05, 4.69) is 31.3 Å². The fourth-order valence-corrected chi connectivity index (χ4v) is 9.11. The largest absolute Gasteiger partial charge is 0.466 e. The molecule has 0 bridgehead atoms. The van der Waals surface area contributed by atoms with Gasteiger partial charge in [0.1, 0.15) is 0 Å². The lowest BCUT2D eigenvalue weighted by atomic mass is 10.0. The molecule has 0 aromatic carbocycles. The van der Waals surface area contributed by atoms with Gasteiger partial charge in [-0.15, -0.1) is 0 Å². The van der Waals surface area contributed by atoms with Crippen molar-refractivity contribution in [1.29, 1.82) is 0 Å². The number of carbonyl (C=O) groups is 2. The van der Waals surface area contributed by atoms with Gasteiger partial charge in [-0.25, -0.2) is 0 Å². The second kappa shape index (κ2) is 54.2. The van der Waals surface area contributed by atoms with Gasteiger partial charge in [-0.2, -0.15) is 0 Å². The Labute approximate surface area is 399 Å². The van der Waals surface area contributed by atoms with Gasteiger partial charge in [0.25, 0.3) is 0 Å². The number of rotatable bonds is 54. The molecule has 0 saturated heterocycles. The van der Waals surface area contributed by atoms with Gasteiger partial charge < -0.3 is 20.3 Å². The number of aliphatic hydroxyl groups excluding tert-OH is 2. The first-order valence-corrected chi connectivity index (χ1v) is 28.9. The molecule has 0 aromatic rings. The van der Waals surface area contributed by atoms with Crippen molar-refractivity contribution >= 4 is 11.9 Å². The Morgan fingerprint density at radius 1 is 0.422 bits per heavy atom. The van der Waals surface area contributed by atoms with Gasteiger partial charge in [0.2, 0.25) is 5.91 Å². The zero-order chi connectivity index (χ0) is 46.5. The van der Waals surface area contributed by atoms with Gasteiger partial charge in [0.15, 0.2) is 0 Å². The lowest BCUT2D eigenvalue weighted by Crippen LogP contribution is -2.45. The Morgan fingerprint density at radius 3 is 1.11 bits per heavy atom. The van der Waals surface area contributed by atoms with Crippen molar-refractivity contribution in [3.05, 3.63) is 12.2 Å². The van der Waals surface area contributed by atoms with Crippen molar-refractivity contribution < 1.29 is 24.5 Å². The van der Waals surface area contributed by atoms with E-state index in [1.54, 1.807) is 0 Å². The summed E-state index contributed by atoms with van der Waals surface area (Å²) >= 11 is 0. The molecular weight excluding hydrogens is 791 g/mol. The second-order valence-corrected chi connectivity index (χ2v) is 20.0. The van der Waals surface area contributed by atoms with E-state index in [0.29, 0.717) is 25.9 Å². The van der Waals surface area contributed by atoms with Gasteiger partial charge in [0.05, 0.1) is 25.4 Å². The number of hydrogen-bond donors (Lipinski definition) is 3. The average molecular weight is 905 g/mol. The second-order valence-electron chi connectivity index (χ2n) is 20.0. The van der Waals surface area contributed by atoms with Crippen molar-refractivity contribution in [2.24, 2.45) is 0 Å². The number of hydrogen-bond acceptors (Lipinski definition) is 5. The third-order valence-electron chi connectivity index (χ3n) is 13.6. The van der Waals surface area contributed by atoms with Crippen LogP contribution in [-0.2, 0) is 14.3 Å². The molecule has 0 rings (SSSR count). The van der Waals surface area contributed by atoms with Gasteiger partial charge in [-0.1, -0.05) is 270 Å². The lowest BCUT2D eigenvalue weighted by Gasteiger charge is -2.22. The third kappa shape index (κ3) is 50.0. The fraction of sp³-hybridized carbons (Fsp3) is 0.931. The summed E-state index contributed by atoms with van der Waals surface area (Å²) in [7, 11) is 0. The molecule has 0 fully saturated rings. The number of nitrogens with one attached hydrogen (secondary N) is 1. The van der Waals surface area contributed by atoms with E-state index in [1.807, 2.05) is 0 Å². The zero-order valence-corrected chi connectivity index (χ0v) is 43.3. The summed E-state index contributed by atoms with van der Waals surface area (Å²) in [4.78, 5) is 24.5. The molecule has 2 unspecified atom stereocenters. The maximum Gasteiger partial charge on any atom is 0.305 e. The Morgan fingerprint density at radius 2 is 0.734 bits per heavy atom. The number of esters is 1. The van der Waals surface area contributed by atoms with Crippen LogP contribution < -0.4 is 5.32 Å². The van der Waals surface area contributed by atoms with Crippen LogP contribution in [0.3, 0.4) is 0 Å². The van der Waals surface area contributed by atoms with Crippen molar-refractivity contribution in [1.82, 2.24) is 5.32 Å². The topological polar surface area (TPSA) is 95.9 Å². The molecule has 0 aliphatic rings. The van der Waals surface area contributed by atoms with Crippen LogP contribution in [0.2, 0.25) is 0 Å². The summed E-state index contributed by atoms with van der Waals surface area (Å²) < 4.78 is 5.48. The monoisotopic (exact) mass is 904 g/mol. The predicted molar refractivity (Wildman–Crippen MR) is 278 cm³/mol. The molecule has 2 atom stereocenters. The number of ether oxygens (including phenoxy) is 1. The average Bonchev–Trinajstić information content (AvgIpc) is 3.29. The number of carbonyl (C=O) groups excluding carboxylic acids is 2. The highest BCUT2D eigenvalue weighted by Gasteiger charge is 2.20. The summed E-state index contributed by atoms with van der Waals surface area (Å²) in [6.45, 7) is 4.95. The Bertz CT molecular complexity index is 955. The smallest absolute Gasteiger partial charge is 0.305 e. The number of amides is 1. The molecule has 64 heavy (non-hydrogen) atoms. The molecule has 0 aliphatic carbocycles. The molecule has 380 valence electrons. The Kier molecular flexibility index (Phi) is 53.0. The molecule has 6 nitrogen and oxygen atoms in total. The first kappa shape index (κ1) is 62.6. The zero-order valence-electron chi connectivity index (χ0n) is 43.3. The van der Waals surface area contributed by atoms with E-state index in [1.165, 1.54) is 238 Å². The highest BCUT2D eigenvalue weighted by atomic mass is 16.5. The summed E-state index contributed by atoms with van der Waals surface area (Å²) in [6, 6.07) is -0.548. The Hall–Kier alpha value is -1.40. The number of unbranched alkanes of at least 4 members (excludes halogenated alkanes) is 41. The van der Waals surface area contributed by atoms with Crippen LogP contribution in [0.1, 0.15) is 322 Å².